The molecular formula is C14H18FN3. The van der Waals surface area contributed by atoms with E-state index in [9.17, 15) is 4.39 Å². The number of halogens is 1. The average Bonchev–Trinajstić information content (AvgIpc) is 2.82. The molecule has 1 unspecified atom stereocenters. The molecule has 0 saturated heterocycles. The summed E-state index contributed by atoms with van der Waals surface area (Å²) in [6.45, 7) is 6.78. The Kier molecular flexibility index (Phi) is 3.65. The maximum Gasteiger partial charge on any atom is 0.146 e. The summed E-state index contributed by atoms with van der Waals surface area (Å²) < 4.78 is 15.6. The third-order valence-corrected chi connectivity index (χ3v) is 3.06. The molecule has 0 saturated carbocycles. The van der Waals surface area contributed by atoms with Crippen molar-refractivity contribution in [1.29, 1.82) is 0 Å². The van der Waals surface area contributed by atoms with Gasteiger partial charge >= 0.3 is 0 Å². The van der Waals surface area contributed by atoms with E-state index in [-0.39, 0.29) is 11.9 Å². The summed E-state index contributed by atoms with van der Waals surface area (Å²) in [7, 11) is 0. The minimum absolute atomic E-state index is 0.0286. The maximum absolute atomic E-state index is 13.7. The highest BCUT2D eigenvalue weighted by atomic mass is 19.1. The largest absolute Gasteiger partial charge is 0.376 e. The van der Waals surface area contributed by atoms with Crippen LogP contribution in [0.1, 0.15) is 31.0 Å². The normalized spacial score (nSPS) is 12.4. The molecule has 18 heavy (non-hydrogen) atoms. The molecule has 0 spiro atoms. The molecule has 2 rings (SSSR count). The van der Waals surface area contributed by atoms with Crippen LogP contribution in [-0.2, 0) is 6.54 Å². The number of aromatic nitrogens is 2. The van der Waals surface area contributed by atoms with E-state index >= 15 is 0 Å². The number of nitrogens with zero attached hydrogens (tertiary/aromatic N) is 2. The minimum Gasteiger partial charge on any atom is -0.376 e. The summed E-state index contributed by atoms with van der Waals surface area (Å²) >= 11 is 0. The minimum atomic E-state index is -0.218. The fourth-order valence-corrected chi connectivity index (χ4v) is 1.89. The number of benzene rings is 1. The predicted molar refractivity (Wildman–Crippen MR) is 71.1 cm³/mol. The molecule has 1 N–H and O–H groups in total. The first-order chi connectivity index (χ1) is 8.61. The Hall–Kier alpha value is -1.84. The van der Waals surface area contributed by atoms with E-state index in [2.05, 4.69) is 10.4 Å². The van der Waals surface area contributed by atoms with E-state index in [0.717, 1.165) is 17.7 Å². The van der Waals surface area contributed by atoms with Crippen LogP contribution in [0.25, 0.3) is 0 Å². The van der Waals surface area contributed by atoms with Gasteiger partial charge in [0.25, 0.3) is 0 Å². The molecule has 1 aromatic carbocycles. The van der Waals surface area contributed by atoms with Gasteiger partial charge in [0.15, 0.2) is 0 Å². The summed E-state index contributed by atoms with van der Waals surface area (Å²) in [5.74, 6) is -0.218. The molecule has 0 aliphatic rings. The fraction of sp³-hybridized carbons (Fsp3) is 0.357. The van der Waals surface area contributed by atoms with E-state index in [1.54, 1.807) is 6.07 Å². The topological polar surface area (TPSA) is 29.9 Å². The second kappa shape index (κ2) is 5.21. The van der Waals surface area contributed by atoms with Gasteiger partial charge in [-0.15, -0.1) is 0 Å². The first-order valence-corrected chi connectivity index (χ1v) is 6.15. The van der Waals surface area contributed by atoms with E-state index in [1.165, 1.54) is 6.07 Å². The molecule has 1 heterocycles. The lowest BCUT2D eigenvalue weighted by molar-refractivity contribution is 0.626. The molecule has 1 aromatic heterocycles. The van der Waals surface area contributed by atoms with E-state index in [0.29, 0.717) is 5.69 Å². The molecule has 0 bridgehead atoms. The fourth-order valence-electron chi connectivity index (χ4n) is 1.89. The molecule has 0 aliphatic carbocycles. The van der Waals surface area contributed by atoms with Crippen LogP contribution in [-0.4, -0.2) is 9.78 Å². The zero-order valence-corrected chi connectivity index (χ0v) is 10.9. The summed E-state index contributed by atoms with van der Waals surface area (Å²) in [4.78, 5) is 0. The number of para-hydroxylation sites is 1. The lowest BCUT2D eigenvalue weighted by atomic mass is 10.1. The number of anilines is 1. The van der Waals surface area contributed by atoms with Crippen molar-refractivity contribution in [3.8, 4) is 0 Å². The van der Waals surface area contributed by atoms with Crippen LogP contribution in [0, 0.1) is 12.7 Å². The zero-order valence-electron chi connectivity index (χ0n) is 10.9. The Bertz CT molecular complexity index is 513. The van der Waals surface area contributed by atoms with Gasteiger partial charge in [-0.25, -0.2) is 4.39 Å². The van der Waals surface area contributed by atoms with Crippen LogP contribution < -0.4 is 5.32 Å². The van der Waals surface area contributed by atoms with E-state index < -0.39 is 0 Å². The van der Waals surface area contributed by atoms with Gasteiger partial charge in [0.2, 0.25) is 0 Å². The van der Waals surface area contributed by atoms with Crippen LogP contribution in [0.15, 0.2) is 30.6 Å². The molecule has 0 fully saturated rings. The molecule has 0 aliphatic heterocycles. The summed E-state index contributed by atoms with van der Waals surface area (Å²) in [6, 6.07) is 5.11. The lowest BCUT2D eigenvalue weighted by Crippen LogP contribution is -2.08. The molecule has 96 valence electrons. The summed E-state index contributed by atoms with van der Waals surface area (Å²) in [5, 5.41) is 7.43. The highest BCUT2D eigenvalue weighted by Crippen LogP contribution is 2.24. The van der Waals surface area contributed by atoms with E-state index in [1.807, 2.05) is 43.9 Å². The lowest BCUT2D eigenvalue weighted by Gasteiger charge is -2.16. The quantitative estimate of drug-likeness (QED) is 0.895. The second-order valence-electron chi connectivity index (χ2n) is 4.43. The van der Waals surface area contributed by atoms with Gasteiger partial charge < -0.3 is 5.32 Å². The standard InChI is InChI=1S/C14H18FN3/c1-4-18-9-12(8-16-18)11(3)17-14-10(2)6-5-7-13(14)15/h5-9,11,17H,4H2,1-3H3. The molecule has 3 nitrogen and oxygen atoms in total. The number of hydrogen-bond acceptors (Lipinski definition) is 2. The van der Waals surface area contributed by atoms with Gasteiger partial charge in [-0.1, -0.05) is 12.1 Å². The van der Waals surface area contributed by atoms with Crippen LogP contribution >= 0.6 is 0 Å². The SMILES string of the molecule is CCn1cc(C(C)Nc2c(C)cccc2F)cn1. The van der Waals surface area contributed by atoms with Gasteiger partial charge in [-0.2, -0.15) is 5.10 Å². The summed E-state index contributed by atoms with van der Waals surface area (Å²) in [5.41, 5.74) is 2.53. The Labute approximate surface area is 107 Å². The average molecular weight is 247 g/mol. The van der Waals surface area contributed by atoms with E-state index in [4.69, 9.17) is 0 Å². The van der Waals surface area contributed by atoms with Crippen molar-refractivity contribution < 1.29 is 4.39 Å². The third kappa shape index (κ3) is 2.53. The van der Waals surface area contributed by atoms with Crippen molar-refractivity contribution >= 4 is 5.69 Å². The molecule has 1 atom stereocenters. The zero-order chi connectivity index (χ0) is 13.1. The van der Waals surface area contributed by atoms with Gasteiger partial charge in [-0.05, 0) is 32.4 Å². The van der Waals surface area contributed by atoms with Crippen molar-refractivity contribution in [2.75, 3.05) is 5.32 Å². The Morgan fingerprint density at radius 2 is 2.22 bits per heavy atom. The van der Waals surface area contributed by atoms with Gasteiger partial charge in [0.1, 0.15) is 5.82 Å². The monoisotopic (exact) mass is 247 g/mol. The van der Waals surface area contributed by atoms with Crippen LogP contribution in [0.4, 0.5) is 10.1 Å². The number of aryl methyl sites for hydroxylation is 2. The Morgan fingerprint density at radius 1 is 1.44 bits per heavy atom. The van der Waals surface area contributed by atoms with Crippen molar-refractivity contribution in [2.24, 2.45) is 0 Å². The van der Waals surface area contributed by atoms with Crippen molar-refractivity contribution in [2.45, 2.75) is 33.4 Å². The number of nitrogens with one attached hydrogen (secondary N) is 1. The highest BCUT2D eigenvalue weighted by Gasteiger charge is 2.11. The molecule has 0 amide bonds. The summed E-state index contributed by atoms with van der Waals surface area (Å²) in [6.07, 6.45) is 3.80. The molecular weight excluding hydrogens is 229 g/mol. The predicted octanol–water partition coefficient (Wildman–Crippen LogP) is 3.52. The maximum atomic E-state index is 13.7. The van der Waals surface area contributed by atoms with Crippen LogP contribution in [0.2, 0.25) is 0 Å². The first-order valence-electron chi connectivity index (χ1n) is 6.15. The highest BCUT2D eigenvalue weighted by molar-refractivity contribution is 5.53. The van der Waals surface area contributed by atoms with Crippen LogP contribution in [0.3, 0.4) is 0 Å². The van der Waals surface area contributed by atoms with Gasteiger partial charge in [-0.3, -0.25) is 4.68 Å². The Balaban J connectivity index is 2.18. The van der Waals surface area contributed by atoms with Crippen molar-refractivity contribution in [1.82, 2.24) is 9.78 Å². The molecule has 0 radical (unpaired) electrons. The van der Waals surface area contributed by atoms with Crippen molar-refractivity contribution in [3.63, 3.8) is 0 Å². The van der Waals surface area contributed by atoms with Crippen LogP contribution in [0.5, 0.6) is 0 Å². The molecule has 4 heteroatoms. The molecule has 2 aromatic rings. The number of hydrogen-bond donors (Lipinski definition) is 1. The first kappa shape index (κ1) is 12.6. The third-order valence-electron chi connectivity index (χ3n) is 3.06. The van der Waals surface area contributed by atoms with Gasteiger partial charge in [0.05, 0.1) is 17.9 Å². The van der Waals surface area contributed by atoms with Crippen molar-refractivity contribution in [3.05, 3.63) is 47.5 Å². The number of rotatable bonds is 4. The smallest absolute Gasteiger partial charge is 0.146 e. The Morgan fingerprint density at radius 3 is 2.83 bits per heavy atom. The van der Waals surface area contributed by atoms with Gasteiger partial charge in [0, 0.05) is 18.3 Å². The second-order valence-corrected chi connectivity index (χ2v) is 4.43.